The third-order valence-corrected chi connectivity index (χ3v) is 13.6. The van der Waals surface area contributed by atoms with E-state index in [9.17, 15) is 29.4 Å². The summed E-state index contributed by atoms with van der Waals surface area (Å²) in [5.74, 6) is -0.888. The van der Waals surface area contributed by atoms with Crippen LogP contribution in [-0.2, 0) is 46.6 Å². The third kappa shape index (κ3) is 13.5. The Morgan fingerprint density at radius 2 is 1.17 bits per heavy atom. The molecule has 8 rings (SSSR count). The van der Waals surface area contributed by atoms with E-state index in [4.69, 9.17) is 19.0 Å². The third-order valence-electron chi connectivity index (χ3n) is 13.6. The summed E-state index contributed by atoms with van der Waals surface area (Å²) in [4.78, 5) is 62.9. The van der Waals surface area contributed by atoms with Crippen LogP contribution < -0.4 is 30.3 Å². The highest BCUT2D eigenvalue weighted by atomic mass is 16.7. The van der Waals surface area contributed by atoms with E-state index in [1.54, 1.807) is 42.5 Å². The first-order valence-electron chi connectivity index (χ1n) is 26.5. The zero-order valence-corrected chi connectivity index (χ0v) is 44.6. The van der Waals surface area contributed by atoms with E-state index in [2.05, 4.69) is 26.3 Å². The van der Waals surface area contributed by atoms with Gasteiger partial charge in [0.2, 0.25) is 11.8 Å². The number of para-hydroxylation sites is 3. The predicted molar refractivity (Wildman–Crippen MR) is 293 cm³/mol. The number of phenolic OH excluding ortho intramolecular Hbond substituents is 2. The number of benzene rings is 6. The van der Waals surface area contributed by atoms with Crippen molar-refractivity contribution in [1.82, 2.24) is 25.8 Å². The Labute approximate surface area is 449 Å². The van der Waals surface area contributed by atoms with Gasteiger partial charge in [-0.2, -0.15) is 0 Å². The molecule has 1 aliphatic rings. The van der Waals surface area contributed by atoms with Gasteiger partial charge in [-0.25, -0.2) is 9.59 Å². The molecule has 3 atom stereocenters. The second-order valence-electron chi connectivity index (χ2n) is 20.1. The minimum absolute atomic E-state index is 0.00159. The van der Waals surface area contributed by atoms with Gasteiger partial charge in [0.05, 0.1) is 18.8 Å². The summed E-state index contributed by atoms with van der Waals surface area (Å²) >= 11 is 0. The second kappa shape index (κ2) is 25.4. The highest BCUT2D eigenvalue weighted by Crippen LogP contribution is 2.40. The fourth-order valence-electron chi connectivity index (χ4n) is 9.51. The number of carbonyl (C=O) groups is 4. The number of aromatic nitrogens is 3. The normalized spacial score (nSPS) is 13.2. The van der Waals surface area contributed by atoms with Crippen molar-refractivity contribution in [3.8, 4) is 23.0 Å². The predicted octanol–water partition coefficient (Wildman–Crippen LogP) is 10.2. The number of anilines is 1. The summed E-state index contributed by atoms with van der Waals surface area (Å²) in [7, 11) is 0. The van der Waals surface area contributed by atoms with E-state index >= 15 is 0 Å². The highest BCUT2D eigenvalue weighted by molar-refractivity contribution is 5.99. The maximum absolute atomic E-state index is 14.7. The van der Waals surface area contributed by atoms with E-state index in [0.29, 0.717) is 89.4 Å². The first kappa shape index (κ1) is 54.8. The molecule has 7 aromatic rings. The largest absolute Gasteiger partial charge is 0.507 e. The molecule has 1 aliphatic carbocycles. The first-order chi connectivity index (χ1) is 37.2. The van der Waals surface area contributed by atoms with Crippen molar-refractivity contribution in [2.75, 3.05) is 18.5 Å². The Bertz CT molecular complexity index is 3120. The van der Waals surface area contributed by atoms with Crippen LogP contribution in [0.5, 0.6) is 23.0 Å². The Kier molecular flexibility index (Phi) is 18.1. The Balaban J connectivity index is 1.16. The number of nitrogens with zero attached hydrogens (tertiary/aromatic N) is 3. The molecule has 0 unspecified atom stereocenters. The maximum Gasteiger partial charge on any atom is 0.408 e. The molecule has 77 heavy (non-hydrogen) atoms. The Morgan fingerprint density at radius 3 is 1.70 bits per heavy atom. The van der Waals surface area contributed by atoms with Gasteiger partial charge in [-0.15, -0.1) is 5.10 Å². The number of carbonyl (C=O) groups excluding carboxylic acids is 4. The van der Waals surface area contributed by atoms with E-state index < -0.39 is 36.0 Å². The van der Waals surface area contributed by atoms with Crippen LogP contribution >= 0.6 is 0 Å². The number of amides is 3. The molecular weight excluding hydrogens is 977 g/mol. The van der Waals surface area contributed by atoms with Crippen LogP contribution in [0.15, 0.2) is 115 Å². The molecule has 16 heteroatoms. The zero-order valence-electron chi connectivity index (χ0n) is 44.6. The lowest BCUT2D eigenvalue weighted by molar-refractivity contribution is -0.129. The van der Waals surface area contributed by atoms with Crippen LogP contribution in [0.1, 0.15) is 128 Å². The number of fused-ring (bicyclic) bond motifs is 9. The molecule has 402 valence electrons. The molecule has 0 saturated heterocycles. The van der Waals surface area contributed by atoms with Gasteiger partial charge < -0.3 is 45.2 Å². The minimum Gasteiger partial charge on any atom is -0.507 e. The van der Waals surface area contributed by atoms with E-state index in [1.165, 1.54) is 0 Å². The number of nitrogens with one attached hydrogen (secondary N) is 3. The van der Waals surface area contributed by atoms with Crippen molar-refractivity contribution < 1.29 is 48.4 Å². The molecule has 0 radical (unpaired) electrons. The summed E-state index contributed by atoms with van der Waals surface area (Å²) in [6.07, 6.45) is 2.11. The van der Waals surface area contributed by atoms with Gasteiger partial charge in [-0.3, -0.25) is 9.59 Å². The fraction of sp³-hybridized carbons (Fsp3) is 0.344. The van der Waals surface area contributed by atoms with Gasteiger partial charge in [-0.05, 0) is 112 Å². The number of ether oxygens (including phenoxy) is 3. The van der Waals surface area contributed by atoms with Crippen molar-refractivity contribution in [2.24, 2.45) is 11.8 Å². The monoisotopic (exact) mass is 1040 g/mol. The molecule has 5 N–H and O–H groups in total. The topological polar surface area (TPSA) is 212 Å². The van der Waals surface area contributed by atoms with Crippen molar-refractivity contribution in [3.63, 3.8) is 0 Å². The molecule has 0 saturated carbocycles. The number of hydrogen-bond donors (Lipinski definition) is 5. The summed E-state index contributed by atoms with van der Waals surface area (Å²) in [5, 5.41) is 41.6. The average molecular weight is 1050 g/mol. The quantitative estimate of drug-likeness (QED) is 0.0378. The van der Waals surface area contributed by atoms with Gasteiger partial charge in [0, 0.05) is 42.5 Å². The van der Waals surface area contributed by atoms with E-state index in [0.717, 1.165) is 32.7 Å². The molecular formula is C61H68N6O10. The summed E-state index contributed by atoms with van der Waals surface area (Å²) in [5.41, 5.74) is 7.20. The van der Waals surface area contributed by atoms with Gasteiger partial charge in [0.1, 0.15) is 52.7 Å². The van der Waals surface area contributed by atoms with Gasteiger partial charge in [0.25, 0.3) is 0 Å². The SMILES string of the molecule is CCCOc1c2cccc1Cc1cc(C(=O)On3nnc4ccccc43)cc(c1O)Cc1cccc(c1OCCC)Cc1cc(NC(=O)[C@@H](NC(=O)[C@H](CC(C)C)NC(=O)OCc3ccccc3)[C@@H](C)CC)cc(c1O)C2. The maximum atomic E-state index is 14.7. The number of alkyl carbamates (subject to hydrolysis) is 1. The second-order valence-corrected chi connectivity index (χ2v) is 20.1. The van der Waals surface area contributed by atoms with Crippen LogP contribution in [0.4, 0.5) is 10.5 Å². The molecule has 1 aromatic heterocycles. The Morgan fingerprint density at radius 1 is 0.636 bits per heavy atom. The lowest BCUT2D eigenvalue weighted by Crippen LogP contribution is -2.55. The molecule has 1 heterocycles. The van der Waals surface area contributed by atoms with Crippen LogP contribution in [0.25, 0.3) is 11.0 Å². The van der Waals surface area contributed by atoms with Gasteiger partial charge in [0.15, 0.2) is 0 Å². The molecule has 8 bridgehead atoms. The van der Waals surface area contributed by atoms with E-state index in [-0.39, 0.29) is 61.2 Å². The molecule has 0 spiro atoms. The van der Waals surface area contributed by atoms with Crippen molar-refractivity contribution >= 4 is 40.6 Å². The van der Waals surface area contributed by atoms with Gasteiger partial charge in [-0.1, -0.05) is 132 Å². The molecule has 0 fully saturated rings. The van der Waals surface area contributed by atoms with Crippen LogP contribution in [0.2, 0.25) is 0 Å². The molecule has 0 aliphatic heterocycles. The smallest absolute Gasteiger partial charge is 0.408 e. The van der Waals surface area contributed by atoms with Crippen LogP contribution in [0.3, 0.4) is 0 Å². The van der Waals surface area contributed by atoms with Gasteiger partial charge >= 0.3 is 12.1 Å². The van der Waals surface area contributed by atoms with Crippen molar-refractivity contribution in [1.29, 1.82) is 0 Å². The lowest BCUT2D eigenvalue weighted by atomic mass is 9.90. The zero-order chi connectivity index (χ0) is 54.6. The number of rotatable bonds is 19. The van der Waals surface area contributed by atoms with E-state index in [1.807, 2.05) is 114 Å². The fourth-order valence-corrected chi connectivity index (χ4v) is 9.51. The minimum atomic E-state index is -1.01. The number of aromatic hydroxyl groups is 2. The molecule has 3 amide bonds. The lowest BCUT2D eigenvalue weighted by Gasteiger charge is -2.27. The van der Waals surface area contributed by atoms with Crippen molar-refractivity contribution in [3.05, 3.63) is 171 Å². The van der Waals surface area contributed by atoms with Crippen molar-refractivity contribution in [2.45, 2.75) is 112 Å². The van der Waals surface area contributed by atoms with Crippen LogP contribution in [-0.4, -0.2) is 74.5 Å². The molecule has 6 aromatic carbocycles. The standard InChI is InChI=1S/C61H68N6O10/c1-7-25-74-56-40-19-15-21-42(56)30-46-34-49(62-59(71)53(38(6)9-3)64-58(70)51(27-37(4)5)63-61(73)76-36-39-17-11-10-12-18-39)35-47(55(46)69)31-43-22-16-20-41(57(43)75-26-8-2)29-45-33-48(32-44(28-40)54(45)68)60(72)77-67-52-24-14-13-23-50(52)65-66-67/h10-24,32-35,37-38,51,53,68-69H,7-9,25-31,36H2,1-6H3,(H,62,71)(H,63,73)(H,64,70)/t38-,51-,53-/m0/s1. The molecule has 16 nitrogen and oxygen atoms in total. The number of hydrogen-bond acceptors (Lipinski definition) is 12. The summed E-state index contributed by atoms with van der Waals surface area (Å²) in [6.45, 7) is 12.5. The summed E-state index contributed by atoms with van der Waals surface area (Å²) < 4.78 is 18.5. The Hall–Kier alpha value is -8.40. The highest BCUT2D eigenvalue weighted by Gasteiger charge is 2.32. The first-order valence-corrected chi connectivity index (χ1v) is 26.5. The average Bonchev–Trinajstić information content (AvgIpc) is 3.83. The number of phenols is 2. The van der Waals surface area contributed by atoms with Crippen LogP contribution in [0, 0.1) is 11.8 Å². The summed E-state index contributed by atoms with van der Waals surface area (Å²) in [6, 6.07) is 32.5.